The quantitative estimate of drug-likeness (QED) is 0.205. The number of amides is 1. The lowest BCUT2D eigenvalue weighted by molar-refractivity contribution is -0.143. The van der Waals surface area contributed by atoms with E-state index < -0.39 is 41.0 Å². The van der Waals surface area contributed by atoms with Crippen LogP contribution in [-0.4, -0.2) is 57.9 Å². The van der Waals surface area contributed by atoms with Crippen LogP contribution in [0.1, 0.15) is 39.0 Å². The highest BCUT2D eigenvalue weighted by Gasteiger charge is 2.39. The lowest BCUT2D eigenvalue weighted by Gasteiger charge is -2.41. The molecule has 13 heteroatoms. The number of hydrogen-bond donors (Lipinski definition) is 1. The van der Waals surface area contributed by atoms with Crippen molar-refractivity contribution in [3.05, 3.63) is 107 Å². The molecule has 2 aromatic heterocycles. The van der Waals surface area contributed by atoms with Crippen molar-refractivity contribution in [3.63, 3.8) is 0 Å². The smallest absolute Gasteiger partial charge is 0.361 e. The van der Waals surface area contributed by atoms with Crippen LogP contribution in [0.2, 0.25) is 0 Å². The summed E-state index contributed by atoms with van der Waals surface area (Å²) in [6, 6.07) is 12.1. The minimum Gasteiger partial charge on any atom is -0.361 e. The summed E-state index contributed by atoms with van der Waals surface area (Å²) in [4.78, 5) is 24.4. The molecule has 0 saturated carbocycles. The predicted octanol–water partition coefficient (Wildman–Crippen LogP) is 7.92. The molecule has 0 radical (unpaired) electrons. The van der Waals surface area contributed by atoms with E-state index >= 15 is 0 Å². The molecule has 1 unspecified atom stereocenters. The third-order valence-electron chi connectivity index (χ3n) is 7.44. The molecule has 1 fully saturated rings. The highest BCUT2D eigenvalue weighted by Crippen LogP contribution is 2.37. The van der Waals surface area contributed by atoms with Crippen LogP contribution in [0.25, 0.3) is 17.0 Å². The molecule has 0 aliphatic carbocycles. The molecule has 1 N–H and O–H groups in total. The van der Waals surface area contributed by atoms with Crippen molar-refractivity contribution in [2.45, 2.75) is 31.2 Å². The average molecular weight is 660 g/mol. The topological polar surface area (TPSA) is 52.2 Å². The summed E-state index contributed by atoms with van der Waals surface area (Å²) in [5.41, 5.74) is -0.739. The van der Waals surface area contributed by atoms with E-state index in [-0.39, 0.29) is 37.4 Å². The number of hydrogen-bond acceptors (Lipinski definition) is 3. The van der Waals surface area contributed by atoms with Gasteiger partial charge in [0.2, 0.25) is 0 Å². The summed E-state index contributed by atoms with van der Waals surface area (Å²) in [6.07, 6.45) is 0.135. The summed E-state index contributed by atoms with van der Waals surface area (Å²) in [6.45, 7) is 1.55. The number of pyridine rings is 1. The molecule has 4 aromatic rings. The van der Waals surface area contributed by atoms with Gasteiger partial charge in [-0.3, -0.25) is 14.7 Å². The van der Waals surface area contributed by atoms with E-state index in [2.05, 4.69) is 14.9 Å². The van der Waals surface area contributed by atoms with Crippen molar-refractivity contribution < 1.29 is 31.1 Å². The molecule has 44 heavy (non-hydrogen) atoms. The Morgan fingerprint density at radius 1 is 0.955 bits per heavy atom. The van der Waals surface area contributed by atoms with Crippen LogP contribution in [0.3, 0.4) is 0 Å². The number of carbonyl (C=O) groups is 1. The number of H-pyrrole nitrogens is 1. The van der Waals surface area contributed by atoms with Gasteiger partial charge in [0.1, 0.15) is 0 Å². The minimum atomic E-state index is -5.04. The molecule has 1 aliphatic rings. The zero-order valence-corrected chi connectivity index (χ0v) is 24.9. The second-order valence-electron chi connectivity index (χ2n) is 10.3. The van der Waals surface area contributed by atoms with Crippen LogP contribution in [0.15, 0.2) is 79.3 Å². The van der Waals surface area contributed by atoms with Gasteiger partial charge < -0.3 is 9.88 Å². The molecule has 1 atom stereocenters. The van der Waals surface area contributed by atoms with Gasteiger partial charge in [-0.05, 0) is 54.3 Å². The molecule has 3 heterocycles. The molecule has 0 spiro atoms. The maximum absolute atomic E-state index is 13.6. The molecule has 2 aromatic carbocycles. The molecule has 1 amide bonds. The molecule has 5 nitrogen and oxygen atoms in total. The average Bonchev–Trinajstić information content (AvgIpc) is 3.38. The highest BCUT2D eigenvalue weighted by molar-refractivity contribution is 5.95. The predicted molar refractivity (Wildman–Crippen MR) is 162 cm³/mol. The highest BCUT2D eigenvalue weighted by atomic mass is 35.5. The van der Waals surface area contributed by atoms with Gasteiger partial charge >= 0.3 is 12.4 Å². The zero-order chi connectivity index (χ0) is 29.9. The maximum Gasteiger partial charge on any atom is 0.416 e. The van der Waals surface area contributed by atoms with Gasteiger partial charge in [-0.1, -0.05) is 36.4 Å². The van der Waals surface area contributed by atoms with Gasteiger partial charge in [0.05, 0.1) is 11.1 Å². The van der Waals surface area contributed by atoms with Gasteiger partial charge in [-0.15, -0.1) is 24.8 Å². The second-order valence-corrected chi connectivity index (χ2v) is 10.3. The number of alkyl halides is 6. The van der Waals surface area contributed by atoms with E-state index in [4.69, 9.17) is 0 Å². The number of carbonyl (C=O) groups excluding carboxylic acids is 1. The van der Waals surface area contributed by atoms with Crippen LogP contribution < -0.4 is 0 Å². The summed E-state index contributed by atoms with van der Waals surface area (Å²) in [7, 11) is 0. The van der Waals surface area contributed by atoms with Crippen LogP contribution in [-0.2, 0) is 18.8 Å². The van der Waals surface area contributed by atoms with Crippen LogP contribution in [0, 0.1) is 0 Å². The van der Waals surface area contributed by atoms with Crippen molar-refractivity contribution in [3.8, 4) is 0 Å². The first-order valence-electron chi connectivity index (χ1n) is 13.4. The summed E-state index contributed by atoms with van der Waals surface area (Å²) >= 11 is 0. The fourth-order valence-electron chi connectivity index (χ4n) is 5.32. The monoisotopic (exact) mass is 658 g/mol. The lowest BCUT2D eigenvalue weighted by atomic mass is 9.99. The largest absolute Gasteiger partial charge is 0.416 e. The van der Waals surface area contributed by atoms with Gasteiger partial charge in [0.25, 0.3) is 5.91 Å². The standard InChI is InChI=1S/C31H28F6N4O.2ClH/c32-30(33,34)24-15-23(16-25(17-24)31(35,36)37)29(42)41-14-13-40(12-4-6-21-5-3-11-38-18-21)20-26(41)10-9-22-19-39-28-8-2-1-7-27(22)28;;/h1-8,11,15-19,26,39H,9-10,12-14,20H2;2*1H. The van der Waals surface area contributed by atoms with Crippen molar-refractivity contribution in [2.24, 2.45) is 0 Å². The fraction of sp³-hybridized carbons (Fsp3) is 0.290. The van der Waals surface area contributed by atoms with E-state index in [1.165, 1.54) is 4.90 Å². The second kappa shape index (κ2) is 14.5. The number of aryl methyl sites for hydroxylation is 1. The summed E-state index contributed by atoms with van der Waals surface area (Å²) in [5, 5.41) is 1.02. The van der Waals surface area contributed by atoms with Crippen molar-refractivity contribution in [2.75, 3.05) is 26.2 Å². The Hall–Kier alpha value is -3.54. The van der Waals surface area contributed by atoms with E-state index in [1.807, 2.05) is 54.7 Å². The number of rotatable bonds is 7. The number of nitrogens with one attached hydrogen (secondary N) is 1. The van der Waals surface area contributed by atoms with E-state index in [9.17, 15) is 31.1 Å². The number of benzene rings is 2. The maximum atomic E-state index is 13.6. The summed E-state index contributed by atoms with van der Waals surface area (Å²) in [5.74, 6) is -0.846. The van der Waals surface area contributed by atoms with Crippen molar-refractivity contribution in [1.82, 2.24) is 19.8 Å². The molecule has 5 rings (SSSR count). The van der Waals surface area contributed by atoms with E-state index in [0.29, 0.717) is 44.6 Å². The molecule has 0 bridgehead atoms. The number of nitrogens with zero attached hydrogens (tertiary/aromatic N) is 3. The van der Waals surface area contributed by atoms with Crippen molar-refractivity contribution >= 4 is 47.7 Å². The van der Waals surface area contributed by atoms with Gasteiger partial charge in [-0.2, -0.15) is 26.3 Å². The molecular weight excluding hydrogens is 629 g/mol. The Morgan fingerprint density at radius 3 is 2.32 bits per heavy atom. The van der Waals surface area contributed by atoms with Gasteiger partial charge in [0, 0.05) is 67.3 Å². The molecule has 1 aliphatic heterocycles. The van der Waals surface area contributed by atoms with Crippen LogP contribution in [0.5, 0.6) is 0 Å². The summed E-state index contributed by atoms with van der Waals surface area (Å²) < 4.78 is 81.0. The SMILES string of the molecule is Cl.Cl.O=C(c1cc(C(F)(F)F)cc(C(F)(F)F)c1)N1CCN(CC=Cc2cccnc2)CC1CCc1c[nH]c2ccccc12. The Bertz CT molecular complexity index is 1540. The molecule has 1 saturated heterocycles. The Balaban J connectivity index is 0.00000264. The van der Waals surface area contributed by atoms with Crippen LogP contribution in [0.4, 0.5) is 26.3 Å². The van der Waals surface area contributed by atoms with Gasteiger partial charge in [-0.25, -0.2) is 0 Å². The lowest BCUT2D eigenvalue weighted by Crippen LogP contribution is -2.55. The third-order valence-corrected chi connectivity index (χ3v) is 7.44. The Labute approximate surface area is 262 Å². The first-order chi connectivity index (χ1) is 20.0. The molecule has 236 valence electrons. The number of halogens is 8. The van der Waals surface area contributed by atoms with Crippen LogP contribution >= 0.6 is 24.8 Å². The van der Waals surface area contributed by atoms with Gasteiger partial charge in [0.15, 0.2) is 0 Å². The van der Waals surface area contributed by atoms with Crippen molar-refractivity contribution in [1.29, 1.82) is 0 Å². The molecular formula is C31H30Cl2F6N4O. The number of fused-ring (bicyclic) bond motifs is 1. The zero-order valence-electron chi connectivity index (χ0n) is 23.2. The first kappa shape index (κ1) is 34.9. The number of aromatic nitrogens is 2. The Morgan fingerprint density at radius 2 is 1.66 bits per heavy atom. The Kier molecular flexibility index (Phi) is 11.5. The first-order valence-corrected chi connectivity index (χ1v) is 13.4. The normalized spacial score (nSPS) is 16.1. The van der Waals surface area contributed by atoms with E-state index in [1.54, 1.807) is 12.4 Å². The number of aromatic amines is 1. The van der Waals surface area contributed by atoms with E-state index in [0.717, 1.165) is 22.0 Å². The number of piperazine rings is 1. The fourth-order valence-corrected chi connectivity index (χ4v) is 5.32. The minimum absolute atomic E-state index is 0. The number of para-hydroxylation sites is 1. The third kappa shape index (κ3) is 8.34.